The molecule has 0 bridgehead atoms. The van der Waals surface area contributed by atoms with E-state index in [0.29, 0.717) is 19.3 Å². The molecular formula is C54H93NO5. The summed E-state index contributed by atoms with van der Waals surface area (Å²) in [6.45, 7) is 6.29. The lowest BCUT2D eigenvalue weighted by Crippen LogP contribution is -2.46. The fourth-order valence-electron chi connectivity index (χ4n) is 7.11. The molecule has 3 unspecified atom stereocenters. The predicted molar refractivity (Wildman–Crippen MR) is 259 cm³/mol. The molecule has 0 aliphatic heterocycles. The lowest BCUT2D eigenvalue weighted by molar-refractivity contribution is -0.151. The third kappa shape index (κ3) is 41.8. The summed E-state index contributed by atoms with van der Waals surface area (Å²) in [6.07, 6.45) is 60.7. The van der Waals surface area contributed by atoms with Crippen molar-refractivity contribution in [2.75, 3.05) is 6.61 Å². The van der Waals surface area contributed by atoms with Crippen LogP contribution in [0.3, 0.4) is 0 Å². The monoisotopic (exact) mass is 836 g/mol. The first kappa shape index (κ1) is 57.0. The minimum Gasteiger partial charge on any atom is -0.462 e. The van der Waals surface area contributed by atoms with Crippen LogP contribution in [0.5, 0.6) is 0 Å². The van der Waals surface area contributed by atoms with Crippen molar-refractivity contribution in [3.05, 3.63) is 85.1 Å². The molecule has 0 fully saturated rings. The molecule has 0 spiro atoms. The molecule has 6 nitrogen and oxygen atoms in total. The molecule has 60 heavy (non-hydrogen) atoms. The topological polar surface area (TPSA) is 95.9 Å². The molecule has 1 amide bonds. The van der Waals surface area contributed by atoms with Crippen molar-refractivity contribution in [1.29, 1.82) is 0 Å². The van der Waals surface area contributed by atoms with Gasteiger partial charge in [0.05, 0.1) is 25.2 Å². The van der Waals surface area contributed by atoms with E-state index in [2.05, 4.69) is 50.4 Å². The molecule has 3 N–H and O–H groups in total. The highest BCUT2D eigenvalue weighted by molar-refractivity contribution is 5.77. The number of esters is 1. The van der Waals surface area contributed by atoms with Gasteiger partial charge in [0.2, 0.25) is 5.91 Å². The number of amides is 1. The second-order valence-electron chi connectivity index (χ2n) is 16.6. The summed E-state index contributed by atoms with van der Waals surface area (Å²) < 4.78 is 5.89. The van der Waals surface area contributed by atoms with Crippen molar-refractivity contribution in [3.63, 3.8) is 0 Å². The Kier molecular flexibility index (Phi) is 44.8. The first-order chi connectivity index (χ1) is 29.5. The minimum atomic E-state index is -0.811. The van der Waals surface area contributed by atoms with Gasteiger partial charge < -0.3 is 20.3 Å². The molecule has 0 saturated heterocycles. The van der Waals surface area contributed by atoms with Gasteiger partial charge in [-0.1, -0.05) is 228 Å². The Bertz CT molecular complexity index is 1160. The molecule has 0 aromatic carbocycles. The summed E-state index contributed by atoms with van der Waals surface area (Å²) >= 11 is 0. The van der Waals surface area contributed by atoms with Crippen LogP contribution in [0.2, 0.25) is 0 Å². The van der Waals surface area contributed by atoms with Crippen LogP contribution in [-0.4, -0.2) is 46.9 Å². The van der Waals surface area contributed by atoms with E-state index in [-0.39, 0.29) is 24.9 Å². The number of unbranched alkanes of at least 4 members (excludes halogenated alkanes) is 22. The third-order valence-electron chi connectivity index (χ3n) is 10.9. The number of carbonyl (C=O) groups is 2. The van der Waals surface area contributed by atoms with Crippen molar-refractivity contribution in [2.45, 2.75) is 238 Å². The zero-order valence-corrected chi connectivity index (χ0v) is 39.1. The van der Waals surface area contributed by atoms with Gasteiger partial charge in [-0.3, -0.25) is 9.59 Å². The summed E-state index contributed by atoms with van der Waals surface area (Å²) in [5, 5.41) is 23.7. The van der Waals surface area contributed by atoms with Gasteiger partial charge in [0, 0.05) is 6.42 Å². The van der Waals surface area contributed by atoms with Crippen LogP contribution in [0.25, 0.3) is 0 Å². The van der Waals surface area contributed by atoms with Gasteiger partial charge in [0.1, 0.15) is 6.10 Å². The average molecular weight is 836 g/mol. The van der Waals surface area contributed by atoms with Crippen molar-refractivity contribution < 1.29 is 24.5 Å². The van der Waals surface area contributed by atoms with Crippen LogP contribution in [0, 0.1) is 0 Å². The Balaban J connectivity index is 4.76. The van der Waals surface area contributed by atoms with Gasteiger partial charge >= 0.3 is 5.97 Å². The zero-order valence-electron chi connectivity index (χ0n) is 39.1. The van der Waals surface area contributed by atoms with E-state index in [0.717, 1.165) is 57.8 Å². The van der Waals surface area contributed by atoms with Gasteiger partial charge in [-0.05, 0) is 64.2 Å². The number of nitrogens with one attached hydrogen (secondary N) is 1. The normalized spacial score (nSPS) is 14.0. The number of hydrogen-bond donors (Lipinski definition) is 3. The van der Waals surface area contributed by atoms with Gasteiger partial charge in [-0.25, -0.2) is 0 Å². The molecule has 0 saturated carbocycles. The van der Waals surface area contributed by atoms with E-state index in [1.54, 1.807) is 0 Å². The fourth-order valence-corrected chi connectivity index (χ4v) is 7.11. The largest absolute Gasteiger partial charge is 0.462 e. The summed E-state index contributed by atoms with van der Waals surface area (Å²) in [4.78, 5) is 26.1. The summed E-state index contributed by atoms with van der Waals surface area (Å²) in [7, 11) is 0. The summed E-state index contributed by atoms with van der Waals surface area (Å²) in [5.74, 6) is -0.559. The summed E-state index contributed by atoms with van der Waals surface area (Å²) in [6, 6.07) is -0.729. The number of aliphatic hydroxyl groups excluding tert-OH is 2. The lowest BCUT2D eigenvalue weighted by atomic mass is 10.0. The lowest BCUT2D eigenvalue weighted by Gasteiger charge is -2.24. The Morgan fingerprint density at radius 1 is 0.500 bits per heavy atom. The maximum atomic E-state index is 13.2. The number of allylic oxidation sites excluding steroid dienone is 14. The first-order valence-corrected chi connectivity index (χ1v) is 24.9. The number of ether oxygens (including phenoxy) is 1. The SMILES string of the molecule is CC\C=C/C=C/C=C/C=C\C=C\C=C\CCCC(CC(=O)NC(CO)C(O)CCCCCCCCCCCCC)OC(=O)CCCCCCCCC/C=C\CCCCCC. The molecule has 0 rings (SSSR count). The molecular weight excluding hydrogens is 743 g/mol. The van der Waals surface area contributed by atoms with E-state index in [1.165, 1.54) is 116 Å². The smallest absolute Gasteiger partial charge is 0.306 e. The highest BCUT2D eigenvalue weighted by atomic mass is 16.5. The first-order valence-electron chi connectivity index (χ1n) is 24.9. The Labute approximate surface area is 370 Å². The molecule has 0 aromatic rings. The Morgan fingerprint density at radius 3 is 1.45 bits per heavy atom. The van der Waals surface area contributed by atoms with Crippen LogP contribution < -0.4 is 5.32 Å². The maximum absolute atomic E-state index is 13.2. The van der Waals surface area contributed by atoms with E-state index in [1.807, 2.05) is 60.8 Å². The predicted octanol–water partition coefficient (Wildman–Crippen LogP) is 14.8. The molecule has 0 aliphatic rings. The summed E-state index contributed by atoms with van der Waals surface area (Å²) in [5.41, 5.74) is 0. The van der Waals surface area contributed by atoms with Crippen LogP contribution in [0.4, 0.5) is 0 Å². The van der Waals surface area contributed by atoms with Crippen molar-refractivity contribution in [2.24, 2.45) is 0 Å². The molecule has 0 aliphatic carbocycles. The molecule has 6 heteroatoms. The quantitative estimate of drug-likeness (QED) is 0.0246. The average Bonchev–Trinajstić information content (AvgIpc) is 3.24. The second kappa shape index (κ2) is 47.1. The van der Waals surface area contributed by atoms with Crippen LogP contribution in [-0.2, 0) is 14.3 Å². The number of aliphatic hydroxyl groups is 2. The molecule has 0 heterocycles. The van der Waals surface area contributed by atoms with Crippen molar-refractivity contribution >= 4 is 11.9 Å². The van der Waals surface area contributed by atoms with Crippen LogP contribution >= 0.6 is 0 Å². The molecule has 344 valence electrons. The molecule has 0 aromatic heterocycles. The second-order valence-corrected chi connectivity index (χ2v) is 16.6. The van der Waals surface area contributed by atoms with Gasteiger partial charge in [0.25, 0.3) is 0 Å². The van der Waals surface area contributed by atoms with Crippen molar-refractivity contribution in [1.82, 2.24) is 5.32 Å². The van der Waals surface area contributed by atoms with Crippen molar-refractivity contribution in [3.8, 4) is 0 Å². The third-order valence-corrected chi connectivity index (χ3v) is 10.9. The van der Waals surface area contributed by atoms with E-state index >= 15 is 0 Å². The zero-order chi connectivity index (χ0) is 43.8. The number of hydrogen-bond acceptors (Lipinski definition) is 5. The highest BCUT2D eigenvalue weighted by Crippen LogP contribution is 2.17. The maximum Gasteiger partial charge on any atom is 0.306 e. The van der Waals surface area contributed by atoms with Crippen LogP contribution in [0.1, 0.15) is 220 Å². The van der Waals surface area contributed by atoms with E-state index in [4.69, 9.17) is 4.74 Å². The number of carbonyl (C=O) groups excluding carboxylic acids is 2. The molecule has 3 atom stereocenters. The molecule has 0 radical (unpaired) electrons. The standard InChI is InChI=1S/C54H93NO5/c1-4-7-10-13-16-19-22-24-26-28-31-33-36-39-42-45-50(60-54(59)47-44-41-38-35-32-29-27-25-23-20-17-14-11-8-5-2)48-53(58)55-51(49-56)52(57)46-43-40-37-34-30-21-18-15-12-9-6-3/h7,10,13,16,19-20,22-24,26,28,31,33,36,50-52,56-57H,4-6,8-9,11-12,14-15,17-18,21,25,27,29-30,32,34-35,37-49H2,1-3H3,(H,55,58)/b10-7-,16-13+,22-19+,23-20-,26-24-,31-28+,36-33+. The Hall–Kier alpha value is -2.96. The minimum absolute atomic E-state index is 0.0213. The number of rotatable bonds is 43. The van der Waals surface area contributed by atoms with Gasteiger partial charge in [0.15, 0.2) is 0 Å². The highest BCUT2D eigenvalue weighted by Gasteiger charge is 2.24. The van der Waals surface area contributed by atoms with E-state index < -0.39 is 18.2 Å². The Morgan fingerprint density at radius 2 is 0.933 bits per heavy atom. The van der Waals surface area contributed by atoms with Crippen LogP contribution in [0.15, 0.2) is 85.1 Å². The van der Waals surface area contributed by atoms with Gasteiger partial charge in [-0.2, -0.15) is 0 Å². The fraction of sp³-hybridized carbons (Fsp3) is 0.704. The van der Waals surface area contributed by atoms with E-state index in [9.17, 15) is 19.8 Å². The van der Waals surface area contributed by atoms with Gasteiger partial charge in [-0.15, -0.1) is 0 Å².